The van der Waals surface area contributed by atoms with Crippen molar-refractivity contribution in [1.82, 2.24) is 39.5 Å². The van der Waals surface area contributed by atoms with Crippen molar-refractivity contribution in [3.63, 3.8) is 0 Å². The van der Waals surface area contributed by atoms with E-state index in [1.54, 1.807) is 32.0 Å². The van der Waals surface area contributed by atoms with Crippen LogP contribution in [0.25, 0.3) is 27.8 Å². The van der Waals surface area contributed by atoms with Gasteiger partial charge in [-0.3, -0.25) is 0 Å². The van der Waals surface area contributed by atoms with Crippen LogP contribution >= 0.6 is 0 Å². The van der Waals surface area contributed by atoms with Crippen LogP contribution in [0.1, 0.15) is 35.9 Å². The number of fused-ring (bicyclic) bond motifs is 1. The maximum Gasteiger partial charge on any atom is 0.451 e. The lowest BCUT2D eigenvalue weighted by atomic mass is 10.1. The molecule has 186 valence electrons. The average Bonchev–Trinajstić information content (AvgIpc) is 3.42. The third-order valence-corrected chi connectivity index (χ3v) is 5.91. The van der Waals surface area contributed by atoms with Crippen molar-refractivity contribution in [3.8, 4) is 22.9 Å². The monoisotopic (exact) mass is 508 g/mol. The van der Waals surface area contributed by atoms with E-state index >= 15 is 0 Å². The van der Waals surface area contributed by atoms with Gasteiger partial charge in [-0.1, -0.05) is 17.3 Å². The minimum absolute atomic E-state index is 0.00841. The number of rotatable bonds is 4. The fourth-order valence-corrected chi connectivity index (χ4v) is 4.23. The fourth-order valence-electron chi connectivity index (χ4n) is 4.23. The summed E-state index contributed by atoms with van der Waals surface area (Å²) >= 11 is 0. The van der Waals surface area contributed by atoms with Crippen LogP contribution in [0.5, 0.6) is 0 Å². The number of nitrogens with two attached hydrogens (primary N) is 1. The van der Waals surface area contributed by atoms with Crippen LogP contribution in [0.15, 0.2) is 43.0 Å². The number of hydrogen-bond donors (Lipinski definition) is 1. The van der Waals surface area contributed by atoms with Gasteiger partial charge in [0.2, 0.25) is 5.82 Å². The highest BCUT2D eigenvalue weighted by molar-refractivity contribution is 6.03. The molecule has 5 rings (SSSR count). The quantitative estimate of drug-likeness (QED) is 0.360. The molecule has 4 aromatic heterocycles. The highest BCUT2D eigenvalue weighted by Gasteiger charge is 2.35. The number of hydrogen-bond acceptors (Lipinski definition) is 8. The number of aromatic nitrogens is 8. The van der Waals surface area contributed by atoms with Gasteiger partial charge in [0, 0.05) is 23.5 Å². The van der Waals surface area contributed by atoms with E-state index in [0.29, 0.717) is 11.4 Å². The minimum atomic E-state index is -4.73. The summed E-state index contributed by atoms with van der Waals surface area (Å²) in [6.07, 6.45) is -1.60. The number of para-hydroxylation sites is 1. The lowest BCUT2D eigenvalue weighted by molar-refractivity contribution is -0.144. The van der Waals surface area contributed by atoms with Crippen molar-refractivity contribution in [2.24, 2.45) is 0 Å². The van der Waals surface area contributed by atoms with E-state index in [2.05, 4.69) is 36.3 Å². The second-order valence-corrected chi connectivity index (χ2v) is 8.06. The maximum atomic E-state index is 14.4. The third kappa shape index (κ3) is 3.80. The van der Waals surface area contributed by atoms with Gasteiger partial charge >= 0.3 is 6.18 Å². The number of halogens is 4. The molecule has 5 aromatic rings. The lowest BCUT2D eigenvalue weighted by Crippen LogP contribution is -2.12. The number of alkyl halides is 3. The Morgan fingerprint density at radius 2 is 1.78 bits per heavy atom. The van der Waals surface area contributed by atoms with E-state index in [1.807, 2.05) is 0 Å². The Morgan fingerprint density at radius 3 is 2.43 bits per heavy atom. The summed E-state index contributed by atoms with van der Waals surface area (Å²) in [4.78, 5) is 15.1. The first kappa shape index (κ1) is 23.8. The Labute approximate surface area is 206 Å². The molecule has 37 heavy (non-hydrogen) atoms. The number of anilines is 1. The van der Waals surface area contributed by atoms with Gasteiger partial charge in [0.15, 0.2) is 0 Å². The highest BCUT2D eigenvalue weighted by Crippen LogP contribution is 2.39. The summed E-state index contributed by atoms with van der Waals surface area (Å²) < 4.78 is 56.3. The van der Waals surface area contributed by atoms with Gasteiger partial charge in [0.25, 0.3) is 0 Å². The molecular weight excluding hydrogens is 492 g/mol. The Morgan fingerprint density at radius 1 is 1.08 bits per heavy atom. The summed E-state index contributed by atoms with van der Waals surface area (Å²) in [5, 5.41) is 18.7. The molecule has 0 aliphatic carbocycles. The van der Waals surface area contributed by atoms with E-state index in [4.69, 9.17) is 5.73 Å². The van der Waals surface area contributed by atoms with E-state index < -0.39 is 23.9 Å². The molecule has 0 amide bonds. The summed E-state index contributed by atoms with van der Waals surface area (Å²) in [6.45, 7) is 3.43. The fraction of sp³-hybridized carbons (Fsp3) is 0.174. The van der Waals surface area contributed by atoms with Crippen molar-refractivity contribution < 1.29 is 17.6 Å². The summed E-state index contributed by atoms with van der Waals surface area (Å²) in [5.41, 5.74) is 7.79. The van der Waals surface area contributed by atoms with Crippen molar-refractivity contribution in [3.05, 3.63) is 71.7 Å². The van der Waals surface area contributed by atoms with Gasteiger partial charge in [-0.2, -0.15) is 18.4 Å². The van der Waals surface area contributed by atoms with E-state index in [-0.39, 0.29) is 39.4 Å². The van der Waals surface area contributed by atoms with Crippen LogP contribution in [-0.4, -0.2) is 39.5 Å². The van der Waals surface area contributed by atoms with Gasteiger partial charge in [0.1, 0.15) is 46.8 Å². The molecule has 0 bridgehead atoms. The highest BCUT2D eigenvalue weighted by atomic mass is 19.4. The van der Waals surface area contributed by atoms with Crippen LogP contribution in [-0.2, 0) is 6.18 Å². The second-order valence-electron chi connectivity index (χ2n) is 8.06. The van der Waals surface area contributed by atoms with Crippen LogP contribution in [0, 0.1) is 24.1 Å². The molecule has 4 heterocycles. The zero-order valence-corrected chi connectivity index (χ0v) is 19.2. The Kier molecular flexibility index (Phi) is 5.55. The zero-order valence-electron chi connectivity index (χ0n) is 19.2. The largest absolute Gasteiger partial charge is 0.451 e. The lowest BCUT2D eigenvalue weighted by Gasteiger charge is -2.15. The first-order chi connectivity index (χ1) is 17.6. The molecule has 0 spiro atoms. The Bertz CT molecular complexity index is 1680. The first-order valence-electron chi connectivity index (χ1n) is 10.7. The normalized spacial score (nSPS) is 12.6. The predicted molar refractivity (Wildman–Crippen MR) is 123 cm³/mol. The topological polar surface area (TPSA) is 137 Å². The maximum absolute atomic E-state index is 14.4. The summed E-state index contributed by atoms with van der Waals surface area (Å²) in [7, 11) is 0. The molecule has 0 aliphatic heterocycles. The average molecular weight is 508 g/mol. The van der Waals surface area contributed by atoms with Crippen LogP contribution in [0.4, 0.5) is 23.4 Å². The molecule has 0 saturated carbocycles. The second kappa shape index (κ2) is 8.63. The van der Waals surface area contributed by atoms with Crippen LogP contribution in [0.3, 0.4) is 0 Å². The standard InChI is InChI=1S/C23H16F4N10/c1-11(19-12(2)37(35-34-19)15-6-4-3-5-14(15)24)36-16(7-28)17(18-20(29)32-10-33-21(18)36)13-8-30-22(31-9-13)23(25,26)27/h3-6,8-11H,1-2H3,(H2,29,32,33)/t11-/m0/s1. The first-order valence-corrected chi connectivity index (χ1v) is 10.7. The number of benzene rings is 1. The van der Waals surface area contributed by atoms with Crippen LogP contribution in [0.2, 0.25) is 0 Å². The van der Waals surface area contributed by atoms with Crippen molar-refractivity contribution in [2.75, 3.05) is 5.73 Å². The van der Waals surface area contributed by atoms with E-state index in [1.165, 1.54) is 21.6 Å². The molecule has 0 saturated heterocycles. The molecule has 1 atom stereocenters. The van der Waals surface area contributed by atoms with Gasteiger partial charge in [-0.05, 0) is 26.0 Å². The smallest absolute Gasteiger partial charge is 0.383 e. The SMILES string of the molecule is Cc1c([C@H](C)n2c(C#N)c(-c3cnc(C(F)(F)F)nc3)c3c(N)ncnc32)nnn1-c1ccccc1F. The van der Waals surface area contributed by atoms with E-state index in [0.717, 1.165) is 12.4 Å². The van der Waals surface area contributed by atoms with E-state index in [9.17, 15) is 22.8 Å². The van der Waals surface area contributed by atoms with Gasteiger partial charge in [-0.25, -0.2) is 29.0 Å². The molecule has 0 unspecified atom stereocenters. The molecule has 2 N–H and O–H groups in total. The molecular formula is C23H16F4N10. The summed E-state index contributed by atoms with van der Waals surface area (Å²) in [6, 6.07) is 7.48. The molecule has 14 heteroatoms. The van der Waals surface area contributed by atoms with Gasteiger partial charge in [-0.15, -0.1) is 5.10 Å². The number of nitriles is 1. The molecule has 1 aromatic carbocycles. The molecule has 0 fully saturated rings. The molecule has 0 radical (unpaired) electrons. The molecule has 0 aliphatic rings. The van der Waals surface area contributed by atoms with Crippen molar-refractivity contribution in [2.45, 2.75) is 26.1 Å². The van der Waals surface area contributed by atoms with Gasteiger partial charge < -0.3 is 10.3 Å². The Balaban J connectivity index is 1.71. The Hall–Kier alpha value is -4.93. The van der Waals surface area contributed by atoms with Gasteiger partial charge in [0.05, 0.1) is 17.1 Å². The molecule has 10 nitrogen and oxygen atoms in total. The van der Waals surface area contributed by atoms with Crippen molar-refractivity contribution in [1.29, 1.82) is 5.26 Å². The van der Waals surface area contributed by atoms with Crippen molar-refractivity contribution >= 4 is 16.9 Å². The predicted octanol–water partition coefficient (Wildman–Crippen LogP) is 4.00. The number of nitrogens with zero attached hydrogens (tertiary/aromatic N) is 9. The third-order valence-electron chi connectivity index (χ3n) is 5.91. The minimum Gasteiger partial charge on any atom is -0.383 e. The number of nitrogen functional groups attached to an aromatic ring is 1. The zero-order chi connectivity index (χ0) is 26.5. The van der Waals surface area contributed by atoms with Crippen LogP contribution < -0.4 is 5.73 Å². The summed E-state index contributed by atoms with van der Waals surface area (Å²) in [5.74, 6) is -1.81.